The van der Waals surface area contributed by atoms with Crippen molar-refractivity contribution in [2.24, 2.45) is 0 Å². The Labute approximate surface area is 184 Å². The van der Waals surface area contributed by atoms with Crippen molar-refractivity contribution in [3.05, 3.63) is 109 Å². The predicted octanol–water partition coefficient (Wildman–Crippen LogP) is 5.36. The molecule has 1 atom stereocenters. The van der Waals surface area contributed by atoms with Gasteiger partial charge in [0.25, 0.3) is 5.91 Å². The SMILES string of the molecule is O=C1CC(C(=O)Nc2ccccc2)(c2ccc(-c3ccccc3F)o2)N1c1ccccc1. The third-order valence-electron chi connectivity index (χ3n) is 5.61. The van der Waals surface area contributed by atoms with Crippen molar-refractivity contribution in [2.75, 3.05) is 10.2 Å². The van der Waals surface area contributed by atoms with Crippen LogP contribution in [0, 0.1) is 5.82 Å². The zero-order valence-electron chi connectivity index (χ0n) is 17.0. The number of para-hydroxylation sites is 2. The van der Waals surface area contributed by atoms with Gasteiger partial charge < -0.3 is 9.73 Å². The van der Waals surface area contributed by atoms with Crippen molar-refractivity contribution in [2.45, 2.75) is 12.0 Å². The number of amides is 2. The molecule has 2 amide bonds. The third-order valence-corrected chi connectivity index (χ3v) is 5.61. The highest BCUT2D eigenvalue weighted by atomic mass is 19.1. The van der Waals surface area contributed by atoms with E-state index in [9.17, 15) is 14.0 Å². The van der Waals surface area contributed by atoms with Gasteiger partial charge in [-0.15, -0.1) is 0 Å². The fourth-order valence-corrected chi connectivity index (χ4v) is 4.05. The summed E-state index contributed by atoms with van der Waals surface area (Å²) in [4.78, 5) is 27.8. The lowest BCUT2D eigenvalue weighted by molar-refractivity contribution is -0.138. The van der Waals surface area contributed by atoms with Crippen LogP contribution in [0.5, 0.6) is 0 Å². The molecule has 1 aliphatic rings. The molecule has 3 aromatic carbocycles. The number of hydrogen-bond donors (Lipinski definition) is 1. The summed E-state index contributed by atoms with van der Waals surface area (Å²) in [6.07, 6.45) is -0.0647. The van der Waals surface area contributed by atoms with Crippen molar-refractivity contribution in [3.8, 4) is 11.3 Å². The second kappa shape index (κ2) is 7.81. The van der Waals surface area contributed by atoms with Crippen molar-refractivity contribution in [3.63, 3.8) is 0 Å². The summed E-state index contributed by atoms with van der Waals surface area (Å²) in [6.45, 7) is 0. The standard InChI is InChI=1S/C26H19FN2O3/c27-21-14-8-7-13-20(21)22-15-16-23(32-22)26(25(31)28-18-9-3-1-4-10-18)17-24(30)29(26)19-11-5-2-6-12-19/h1-16H,17H2,(H,28,31). The number of carbonyl (C=O) groups excluding carboxylic acids is 2. The molecule has 1 saturated heterocycles. The molecule has 0 saturated carbocycles. The van der Waals surface area contributed by atoms with E-state index in [1.165, 1.54) is 11.0 Å². The van der Waals surface area contributed by atoms with Crippen LogP contribution in [0.1, 0.15) is 12.2 Å². The topological polar surface area (TPSA) is 62.6 Å². The highest BCUT2D eigenvalue weighted by Crippen LogP contribution is 2.47. The Hall–Kier alpha value is -4.19. The van der Waals surface area contributed by atoms with Gasteiger partial charge in [0.2, 0.25) is 5.91 Å². The average Bonchev–Trinajstić information content (AvgIpc) is 3.29. The van der Waals surface area contributed by atoms with E-state index in [1.807, 2.05) is 24.3 Å². The molecule has 1 fully saturated rings. The minimum Gasteiger partial charge on any atom is -0.458 e. The van der Waals surface area contributed by atoms with Crippen LogP contribution in [0.4, 0.5) is 15.8 Å². The summed E-state index contributed by atoms with van der Waals surface area (Å²) in [7, 11) is 0. The Kier molecular flexibility index (Phi) is 4.82. The van der Waals surface area contributed by atoms with Gasteiger partial charge in [0.05, 0.1) is 12.0 Å². The molecule has 0 radical (unpaired) electrons. The van der Waals surface area contributed by atoms with Crippen LogP contribution in [0.2, 0.25) is 0 Å². The normalized spacial score (nSPS) is 17.7. The first-order valence-corrected chi connectivity index (χ1v) is 10.2. The minimum absolute atomic E-state index is 0.0647. The van der Waals surface area contributed by atoms with E-state index >= 15 is 0 Å². The number of nitrogens with one attached hydrogen (secondary N) is 1. The molecule has 1 aromatic heterocycles. The molecule has 1 N–H and O–H groups in total. The number of rotatable bonds is 5. The summed E-state index contributed by atoms with van der Waals surface area (Å²) in [5.74, 6) is -0.476. The first-order chi connectivity index (χ1) is 15.6. The van der Waals surface area contributed by atoms with E-state index in [2.05, 4.69) is 5.32 Å². The van der Waals surface area contributed by atoms with Crippen LogP contribution in [0.3, 0.4) is 0 Å². The van der Waals surface area contributed by atoms with Gasteiger partial charge in [-0.25, -0.2) is 4.39 Å². The number of β-lactam (4-membered cyclic amide) rings is 1. The molecular formula is C26H19FN2O3. The Morgan fingerprint density at radius 1 is 0.875 bits per heavy atom. The van der Waals surface area contributed by atoms with Crippen LogP contribution in [0.25, 0.3) is 11.3 Å². The van der Waals surface area contributed by atoms with E-state index in [0.29, 0.717) is 11.4 Å². The zero-order chi connectivity index (χ0) is 22.1. The van der Waals surface area contributed by atoms with Gasteiger partial charge in [-0.05, 0) is 48.5 Å². The van der Waals surface area contributed by atoms with Crippen molar-refractivity contribution in [1.29, 1.82) is 0 Å². The molecule has 5 rings (SSSR count). The lowest BCUT2D eigenvalue weighted by Crippen LogP contribution is -2.67. The predicted molar refractivity (Wildman–Crippen MR) is 119 cm³/mol. The number of halogens is 1. The molecular weight excluding hydrogens is 407 g/mol. The molecule has 158 valence electrons. The summed E-state index contributed by atoms with van der Waals surface area (Å²) in [5, 5.41) is 2.90. The van der Waals surface area contributed by atoms with Crippen LogP contribution in [-0.4, -0.2) is 11.8 Å². The van der Waals surface area contributed by atoms with Gasteiger partial charge in [-0.3, -0.25) is 14.5 Å². The highest BCUT2D eigenvalue weighted by molar-refractivity contribution is 6.16. The number of hydrogen-bond acceptors (Lipinski definition) is 3. The first kappa shape index (κ1) is 19.8. The maximum Gasteiger partial charge on any atom is 0.259 e. The lowest BCUT2D eigenvalue weighted by atomic mass is 9.79. The van der Waals surface area contributed by atoms with E-state index in [4.69, 9.17) is 4.42 Å². The van der Waals surface area contributed by atoms with Gasteiger partial charge in [-0.2, -0.15) is 0 Å². The Balaban J connectivity index is 1.60. The molecule has 6 heteroatoms. The van der Waals surface area contributed by atoms with Crippen molar-refractivity contribution in [1.82, 2.24) is 0 Å². The molecule has 4 aromatic rings. The minimum atomic E-state index is -1.39. The van der Waals surface area contributed by atoms with Gasteiger partial charge >= 0.3 is 0 Å². The quantitative estimate of drug-likeness (QED) is 0.437. The fraction of sp³-hybridized carbons (Fsp3) is 0.0769. The first-order valence-electron chi connectivity index (χ1n) is 10.2. The van der Waals surface area contributed by atoms with Crippen LogP contribution in [0.15, 0.2) is 101 Å². The number of furan rings is 1. The van der Waals surface area contributed by atoms with Crippen molar-refractivity contribution >= 4 is 23.2 Å². The van der Waals surface area contributed by atoms with Crippen molar-refractivity contribution < 1.29 is 18.4 Å². The molecule has 0 aliphatic carbocycles. The Morgan fingerprint density at radius 3 is 2.22 bits per heavy atom. The lowest BCUT2D eigenvalue weighted by Gasteiger charge is -2.48. The van der Waals surface area contributed by atoms with Gasteiger partial charge in [0.15, 0.2) is 5.54 Å². The summed E-state index contributed by atoms with van der Waals surface area (Å²) in [5.41, 5.74) is 0.0767. The highest BCUT2D eigenvalue weighted by Gasteiger charge is 2.60. The number of carbonyl (C=O) groups is 2. The Morgan fingerprint density at radius 2 is 1.53 bits per heavy atom. The second-order valence-electron chi connectivity index (χ2n) is 7.57. The zero-order valence-corrected chi connectivity index (χ0v) is 17.0. The van der Waals surface area contributed by atoms with Gasteiger partial charge in [0, 0.05) is 11.4 Å². The number of nitrogens with zero attached hydrogens (tertiary/aromatic N) is 1. The molecule has 1 aliphatic heterocycles. The largest absolute Gasteiger partial charge is 0.458 e. The molecule has 0 bridgehead atoms. The van der Waals surface area contributed by atoms with E-state index < -0.39 is 17.3 Å². The average molecular weight is 426 g/mol. The monoisotopic (exact) mass is 426 g/mol. The van der Waals surface area contributed by atoms with Crippen LogP contribution < -0.4 is 10.2 Å². The Bertz CT molecular complexity index is 1290. The van der Waals surface area contributed by atoms with E-state index in [0.717, 1.165) is 0 Å². The number of anilines is 2. The summed E-state index contributed by atoms with van der Waals surface area (Å²) in [6, 6.07) is 27.5. The molecule has 32 heavy (non-hydrogen) atoms. The smallest absolute Gasteiger partial charge is 0.259 e. The maximum absolute atomic E-state index is 14.3. The molecule has 5 nitrogen and oxygen atoms in total. The van der Waals surface area contributed by atoms with Crippen LogP contribution >= 0.6 is 0 Å². The fourth-order valence-electron chi connectivity index (χ4n) is 4.05. The molecule has 1 unspecified atom stereocenters. The van der Waals surface area contributed by atoms with E-state index in [1.54, 1.807) is 66.7 Å². The second-order valence-corrected chi connectivity index (χ2v) is 7.57. The van der Waals surface area contributed by atoms with E-state index in [-0.39, 0.29) is 29.4 Å². The third kappa shape index (κ3) is 3.17. The summed E-state index contributed by atoms with van der Waals surface area (Å²) < 4.78 is 20.3. The summed E-state index contributed by atoms with van der Waals surface area (Å²) >= 11 is 0. The number of benzene rings is 3. The molecule has 2 heterocycles. The molecule has 0 spiro atoms. The van der Waals surface area contributed by atoms with Crippen LogP contribution in [-0.2, 0) is 15.1 Å². The maximum atomic E-state index is 14.3. The van der Waals surface area contributed by atoms with Gasteiger partial charge in [0.1, 0.15) is 17.3 Å². The van der Waals surface area contributed by atoms with Gasteiger partial charge in [-0.1, -0.05) is 48.5 Å².